The number of aliphatic hydroxyl groups is 1. The first-order valence-electron chi connectivity index (χ1n) is 11.0. The SMILES string of the molecule is C=N/C(C)=C(\SC)c1ccc(C2(NC=O)CC2)cc1.CC(C)(C)CC(=O)N1CCC(O)C1. The second kappa shape index (κ2) is 11.1. The first kappa shape index (κ1) is 26.1. The summed E-state index contributed by atoms with van der Waals surface area (Å²) in [6.07, 6.45) is 5.86. The first-order valence-corrected chi connectivity index (χ1v) is 12.3. The molecule has 1 aromatic rings. The molecule has 1 unspecified atom stereocenters. The van der Waals surface area contributed by atoms with E-state index in [4.69, 9.17) is 0 Å². The lowest BCUT2D eigenvalue weighted by Gasteiger charge is -2.22. The molecule has 0 bridgehead atoms. The Hall–Kier alpha value is -2.12. The van der Waals surface area contributed by atoms with Gasteiger partial charge in [0.1, 0.15) is 0 Å². The quantitative estimate of drug-likeness (QED) is 0.473. The fraction of sp³-hybridized carbons (Fsp3) is 0.560. The van der Waals surface area contributed by atoms with Gasteiger partial charge in [0.05, 0.1) is 17.3 Å². The van der Waals surface area contributed by atoms with Crippen molar-refractivity contribution in [2.45, 2.75) is 65.0 Å². The predicted octanol–water partition coefficient (Wildman–Crippen LogP) is 4.19. The van der Waals surface area contributed by atoms with Crippen molar-refractivity contribution < 1.29 is 14.7 Å². The number of hydrogen-bond acceptors (Lipinski definition) is 5. The number of carbonyl (C=O) groups excluding carboxylic acids is 2. The largest absolute Gasteiger partial charge is 0.391 e. The molecular weight excluding hydrogens is 422 g/mol. The number of aliphatic imine (C=N–C) groups is 1. The van der Waals surface area contributed by atoms with Gasteiger partial charge in [-0.2, -0.15) is 0 Å². The van der Waals surface area contributed by atoms with Crippen LogP contribution in [-0.4, -0.2) is 54.5 Å². The number of aliphatic hydroxyl groups excluding tert-OH is 1. The predicted molar refractivity (Wildman–Crippen MR) is 133 cm³/mol. The van der Waals surface area contributed by atoms with Crippen LogP contribution in [0.5, 0.6) is 0 Å². The van der Waals surface area contributed by atoms with Gasteiger partial charge in [-0.1, -0.05) is 45.0 Å². The van der Waals surface area contributed by atoms with Crippen LogP contribution >= 0.6 is 11.8 Å². The van der Waals surface area contributed by atoms with Gasteiger partial charge in [0.2, 0.25) is 12.3 Å². The summed E-state index contributed by atoms with van der Waals surface area (Å²) in [6.45, 7) is 12.9. The number of benzene rings is 1. The zero-order valence-corrected chi connectivity index (χ0v) is 20.8. The second-order valence-electron chi connectivity index (χ2n) is 9.72. The second-order valence-corrected chi connectivity index (χ2v) is 10.5. The Labute approximate surface area is 196 Å². The number of likely N-dealkylation sites (tertiary alicyclic amines) is 1. The summed E-state index contributed by atoms with van der Waals surface area (Å²) in [5, 5.41) is 12.2. The third-order valence-electron chi connectivity index (χ3n) is 5.75. The average molecular weight is 460 g/mol. The van der Waals surface area contributed by atoms with Crippen LogP contribution in [0.1, 0.15) is 64.5 Å². The number of carbonyl (C=O) groups is 2. The Balaban J connectivity index is 0.000000244. The number of rotatable bonds is 7. The molecular formula is C25H37N3O3S. The van der Waals surface area contributed by atoms with Crippen LogP contribution < -0.4 is 5.32 Å². The van der Waals surface area contributed by atoms with Gasteiger partial charge in [0.15, 0.2) is 0 Å². The molecule has 6 nitrogen and oxygen atoms in total. The van der Waals surface area contributed by atoms with Crippen molar-refractivity contribution in [1.82, 2.24) is 10.2 Å². The lowest BCUT2D eigenvalue weighted by Crippen LogP contribution is -2.32. The smallest absolute Gasteiger partial charge is 0.223 e. The highest BCUT2D eigenvalue weighted by Crippen LogP contribution is 2.45. The molecule has 1 heterocycles. The number of nitrogens with zero attached hydrogens (tertiary/aromatic N) is 2. The van der Waals surface area contributed by atoms with Crippen LogP contribution in [0.4, 0.5) is 0 Å². The molecule has 2 amide bonds. The lowest BCUT2D eigenvalue weighted by atomic mass is 9.92. The van der Waals surface area contributed by atoms with Crippen molar-refractivity contribution in [3.8, 4) is 0 Å². The van der Waals surface area contributed by atoms with Crippen molar-refractivity contribution in [3.05, 3.63) is 41.1 Å². The minimum Gasteiger partial charge on any atom is -0.391 e. The van der Waals surface area contributed by atoms with Crippen LogP contribution in [0.25, 0.3) is 4.91 Å². The molecule has 2 aliphatic rings. The van der Waals surface area contributed by atoms with Crippen molar-refractivity contribution in [3.63, 3.8) is 0 Å². The Bertz CT molecular complexity index is 839. The summed E-state index contributed by atoms with van der Waals surface area (Å²) < 4.78 is 0. The van der Waals surface area contributed by atoms with Gasteiger partial charge in [0, 0.05) is 24.4 Å². The maximum atomic E-state index is 11.6. The Morgan fingerprint density at radius 2 is 1.97 bits per heavy atom. The number of thioether (sulfide) groups is 1. The van der Waals surface area contributed by atoms with Crippen molar-refractivity contribution >= 4 is 35.7 Å². The first-order chi connectivity index (χ1) is 15.0. The molecule has 0 radical (unpaired) electrons. The van der Waals surface area contributed by atoms with Crippen LogP contribution in [0.2, 0.25) is 0 Å². The van der Waals surface area contributed by atoms with E-state index in [0.29, 0.717) is 13.0 Å². The van der Waals surface area contributed by atoms with Gasteiger partial charge in [0.25, 0.3) is 0 Å². The fourth-order valence-electron chi connectivity index (χ4n) is 3.77. The van der Waals surface area contributed by atoms with E-state index in [1.54, 1.807) is 16.7 Å². The number of amides is 2. The molecule has 0 aromatic heterocycles. The van der Waals surface area contributed by atoms with Crippen molar-refractivity contribution in [2.24, 2.45) is 10.4 Å². The maximum absolute atomic E-state index is 11.6. The highest BCUT2D eigenvalue weighted by molar-refractivity contribution is 8.07. The lowest BCUT2D eigenvalue weighted by molar-refractivity contribution is -0.132. The molecule has 176 valence electrons. The van der Waals surface area contributed by atoms with E-state index >= 15 is 0 Å². The monoisotopic (exact) mass is 459 g/mol. The van der Waals surface area contributed by atoms with Crippen molar-refractivity contribution in [1.29, 1.82) is 0 Å². The van der Waals surface area contributed by atoms with Crippen LogP contribution in [0.15, 0.2) is 35.0 Å². The molecule has 32 heavy (non-hydrogen) atoms. The summed E-state index contributed by atoms with van der Waals surface area (Å²) in [4.78, 5) is 29.2. The standard InChI is InChI=1S/C15H18N2OS.C10H19NO2/c1-11(16-2)14(19-3)12-4-6-13(7-5-12)15(8-9-15)17-10-18;1-10(2,3)6-9(13)11-5-4-8(12)7-11/h4-7,10H,2,8-9H2,1,3H3,(H,17,18);8,12H,4-7H2,1-3H3/b14-11-;. The number of allylic oxidation sites excluding steroid dienone is 1. The Kier molecular flexibility index (Phi) is 9.10. The summed E-state index contributed by atoms with van der Waals surface area (Å²) in [5.41, 5.74) is 3.18. The van der Waals surface area contributed by atoms with E-state index in [9.17, 15) is 14.7 Å². The van der Waals surface area contributed by atoms with Gasteiger partial charge in [-0.25, -0.2) is 0 Å². The Morgan fingerprint density at radius 1 is 1.34 bits per heavy atom. The molecule has 3 rings (SSSR count). The number of β-amino-alcohol motifs (C(OH)–C–C–N with tert-alkyl or cyclic N) is 1. The maximum Gasteiger partial charge on any atom is 0.223 e. The number of nitrogens with one attached hydrogen (secondary N) is 1. The molecule has 1 atom stereocenters. The minimum atomic E-state index is -0.302. The summed E-state index contributed by atoms with van der Waals surface area (Å²) in [5.74, 6) is 0.170. The zero-order chi connectivity index (χ0) is 23.9. The van der Waals surface area contributed by atoms with E-state index in [2.05, 4.69) is 62.1 Å². The topological polar surface area (TPSA) is 82.0 Å². The summed E-state index contributed by atoms with van der Waals surface area (Å²) in [7, 11) is 0. The Morgan fingerprint density at radius 3 is 2.38 bits per heavy atom. The molecule has 1 aliphatic heterocycles. The van der Waals surface area contributed by atoms with Gasteiger partial charge in [-0.15, -0.1) is 11.8 Å². The normalized spacial score (nSPS) is 19.9. The third-order valence-corrected chi connectivity index (χ3v) is 6.69. The molecule has 1 aliphatic carbocycles. The summed E-state index contributed by atoms with van der Waals surface area (Å²) >= 11 is 1.67. The fourth-order valence-corrected chi connectivity index (χ4v) is 4.51. The highest BCUT2D eigenvalue weighted by Gasteiger charge is 2.43. The van der Waals surface area contributed by atoms with E-state index in [1.165, 1.54) is 5.56 Å². The van der Waals surface area contributed by atoms with Gasteiger partial charge < -0.3 is 15.3 Å². The van der Waals surface area contributed by atoms with Crippen LogP contribution in [0.3, 0.4) is 0 Å². The van der Waals surface area contributed by atoms with Gasteiger partial charge >= 0.3 is 0 Å². The molecule has 2 fully saturated rings. The zero-order valence-electron chi connectivity index (χ0n) is 20.0. The molecule has 0 spiro atoms. The van der Waals surface area contributed by atoms with Crippen molar-refractivity contribution in [2.75, 3.05) is 19.3 Å². The minimum absolute atomic E-state index is 0.0463. The third kappa shape index (κ3) is 7.20. The summed E-state index contributed by atoms with van der Waals surface area (Å²) in [6, 6.07) is 8.35. The van der Waals surface area contributed by atoms with Crippen LogP contribution in [-0.2, 0) is 15.1 Å². The molecule has 1 aromatic carbocycles. The van der Waals surface area contributed by atoms with E-state index in [1.807, 2.05) is 13.2 Å². The molecule has 1 saturated carbocycles. The molecule has 2 N–H and O–H groups in total. The highest BCUT2D eigenvalue weighted by atomic mass is 32.2. The molecule has 1 saturated heterocycles. The van der Waals surface area contributed by atoms with Gasteiger partial charge in [-0.05, 0) is 55.7 Å². The van der Waals surface area contributed by atoms with Crippen LogP contribution in [0, 0.1) is 5.41 Å². The van der Waals surface area contributed by atoms with E-state index < -0.39 is 0 Å². The van der Waals surface area contributed by atoms with Gasteiger partial charge in [-0.3, -0.25) is 14.6 Å². The number of hydrogen-bond donors (Lipinski definition) is 2. The van der Waals surface area contributed by atoms with E-state index in [-0.39, 0.29) is 23.0 Å². The van der Waals surface area contributed by atoms with E-state index in [0.717, 1.165) is 48.4 Å². The molecule has 7 heteroatoms. The average Bonchev–Trinajstić information content (AvgIpc) is 3.39.